The molecule has 0 radical (unpaired) electrons. The zero-order chi connectivity index (χ0) is 10.8. The summed E-state index contributed by atoms with van der Waals surface area (Å²) in [5.41, 5.74) is 1.03. The first-order valence-corrected chi connectivity index (χ1v) is 5.12. The van der Waals surface area contributed by atoms with E-state index >= 15 is 0 Å². The smallest absolute Gasteiger partial charge is 0.303 e. The highest BCUT2D eigenvalue weighted by Gasteiger charge is 2.29. The van der Waals surface area contributed by atoms with E-state index in [4.69, 9.17) is 9.84 Å². The molecule has 1 N–H and O–H groups in total. The molecule has 3 heteroatoms. The van der Waals surface area contributed by atoms with Crippen LogP contribution < -0.4 is 4.74 Å². The van der Waals surface area contributed by atoms with Gasteiger partial charge in [0.1, 0.15) is 5.75 Å². The van der Waals surface area contributed by atoms with Crippen LogP contribution in [0.3, 0.4) is 0 Å². The Morgan fingerprint density at radius 3 is 3.00 bits per heavy atom. The maximum atomic E-state index is 10.8. The number of hydrogen-bond acceptors (Lipinski definition) is 2. The molecule has 1 aliphatic heterocycles. The first-order valence-electron chi connectivity index (χ1n) is 5.12. The second-order valence-corrected chi connectivity index (χ2v) is 4.03. The Labute approximate surface area is 88.7 Å². The quantitative estimate of drug-likeness (QED) is 0.807. The van der Waals surface area contributed by atoms with E-state index in [-0.39, 0.29) is 18.3 Å². The van der Waals surface area contributed by atoms with Crippen molar-refractivity contribution in [2.75, 3.05) is 6.61 Å². The van der Waals surface area contributed by atoms with Crippen molar-refractivity contribution in [1.29, 1.82) is 0 Å². The minimum absolute atomic E-state index is 0.0763. The summed E-state index contributed by atoms with van der Waals surface area (Å²) in [7, 11) is 0. The minimum atomic E-state index is -0.747. The molecule has 2 unspecified atom stereocenters. The zero-order valence-corrected chi connectivity index (χ0v) is 8.64. The summed E-state index contributed by atoms with van der Waals surface area (Å²) >= 11 is 0. The van der Waals surface area contributed by atoms with Gasteiger partial charge in [-0.1, -0.05) is 25.1 Å². The average molecular weight is 206 g/mol. The molecule has 1 aliphatic rings. The molecular formula is C12H14O3. The van der Waals surface area contributed by atoms with Crippen molar-refractivity contribution < 1.29 is 14.6 Å². The molecule has 0 saturated carbocycles. The fraction of sp³-hybridized carbons (Fsp3) is 0.417. The van der Waals surface area contributed by atoms with Crippen LogP contribution in [0.25, 0.3) is 0 Å². The Hall–Kier alpha value is -1.51. The van der Waals surface area contributed by atoms with Crippen molar-refractivity contribution in [3.05, 3.63) is 29.8 Å². The predicted octanol–water partition coefficient (Wildman–Crippen LogP) is 2.27. The van der Waals surface area contributed by atoms with Crippen LogP contribution in [-0.4, -0.2) is 17.7 Å². The Bertz CT molecular complexity index is 373. The first kappa shape index (κ1) is 10.0. The molecule has 0 bridgehead atoms. The van der Waals surface area contributed by atoms with Gasteiger partial charge in [-0.3, -0.25) is 4.79 Å². The van der Waals surface area contributed by atoms with Crippen molar-refractivity contribution in [2.45, 2.75) is 19.3 Å². The molecule has 0 spiro atoms. The zero-order valence-electron chi connectivity index (χ0n) is 8.64. The summed E-state index contributed by atoms with van der Waals surface area (Å²) in [5, 5.41) is 8.87. The van der Waals surface area contributed by atoms with Gasteiger partial charge in [0.15, 0.2) is 0 Å². The lowest BCUT2D eigenvalue weighted by atomic mass is 9.83. The van der Waals surface area contributed by atoms with Crippen LogP contribution in [0.15, 0.2) is 24.3 Å². The lowest BCUT2D eigenvalue weighted by Gasteiger charge is -2.30. The molecule has 0 aliphatic carbocycles. The largest absolute Gasteiger partial charge is 0.493 e. The number of ether oxygens (including phenoxy) is 1. The Balaban J connectivity index is 2.32. The molecule has 0 saturated heterocycles. The third kappa shape index (κ3) is 1.96. The van der Waals surface area contributed by atoms with Gasteiger partial charge < -0.3 is 9.84 Å². The van der Waals surface area contributed by atoms with Crippen LogP contribution in [0.4, 0.5) is 0 Å². The summed E-state index contributed by atoms with van der Waals surface area (Å²) < 4.78 is 5.55. The van der Waals surface area contributed by atoms with E-state index in [2.05, 4.69) is 0 Å². The molecule has 80 valence electrons. The van der Waals surface area contributed by atoms with Crippen LogP contribution in [0, 0.1) is 5.92 Å². The molecule has 15 heavy (non-hydrogen) atoms. The molecule has 0 aromatic heterocycles. The van der Waals surface area contributed by atoms with Crippen LogP contribution in [0.2, 0.25) is 0 Å². The third-order valence-electron chi connectivity index (χ3n) is 2.90. The number of para-hydroxylation sites is 1. The molecule has 1 aromatic rings. The Kier molecular flexibility index (Phi) is 2.62. The monoisotopic (exact) mass is 206 g/mol. The molecule has 2 atom stereocenters. The number of rotatable bonds is 2. The van der Waals surface area contributed by atoms with Crippen molar-refractivity contribution in [3.8, 4) is 5.75 Å². The molecule has 1 aromatic carbocycles. The fourth-order valence-corrected chi connectivity index (χ4v) is 2.06. The normalized spacial score (nSPS) is 24.1. The van der Waals surface area contributed by atoms with Crippen molar-refractivity contribution in [3.63, 3.8) is 0 Å². The van der Waals surface area contributed by atoms with Gasteiger partial charge in [-0.25, -0.2) is 0 Å². The van der Waals surface area contributed by atoms with Crippen molar-refractivity contribution >= 4 is 5.97 Å². The topological polar surface area (TPSA) is 46.5 Å². The van der Waals surface area contributed by atoms with Gasteiger partial charge in [-0.15, -0.1) is 0 Å². The number of fused-ring (bicyclic) bond motifs is 1. The van der Waals surface area contributed by atoms with Crippen LogP contribution >= 0.6 is 0 Å². The summed E-state index contributed by atoms with van der Waals surface area (Å²) in [5.74, 6) is 0.425. The van der Waals surface area contributed by atoms with Crippen LogP contribution in [0.1, 0.15) is 24.8 Å². The predicted molar refractivity (Wildman–Crippen MR) is 56.1 cm³/mol. The van der Waals surface area contributed by atoms with Crippen molar-refractivity contribution in [1.82, 2.24) is 0 Å². The second-order valence-electron chi connectivity index (χ2n) is 4.03. The number of aliphatic carboxylic acids is 1. The maximum Gasteiger partial charge on any atom is 0.303 e. The highest BCUT2D eigenvalue weighted by atomic mass is 16.5. The van der Waals surface area contributed by atoms with E-state index in [0.29, 0.717) is 6.61 Å². The van der Waals surface area contributed by atoms with Gasteiger partial charge >= 0.3 is 5.97 Å². The van der Waals surface area contributed by atoms with E-state index in [0.717, 1.165) is 11.3 Å². The molecule has 2 rings (SSSR count). The molecule has 0 fully saturated rings. The molecule has 0 amide bonds. The van der Waals surface area contributed by atoms with Gasteiger partial charge in [0.05, 0.1) is 13.0 Å². The second kappa shape index (κ2) is 3.93. The van der Waals surface area contributed by atoms with Gasteiger partial charge in [-0.2, -0.15) is 0 Å². The third-order valence-corrected chi connectivity index (χ3v) is 2.90. The van der Waals surface area contributed by atoms with Gasteiger partial charge in [0.25, 0.3) is 0 Å². The van der Waals surface area contributed by atoms with Gasteiger partial charge in [0.2, 0.25) is 0 Å². The first-order chi connectivity index (χ1) is 7.18. The standard InChI is InChI=1S/C12H14O3/c1-8-7-15-11-5-3-2-4-9(11)10(8)6-12(13)14/h2-5,8,10H,6-7H2,1H3,(H,13,14). The highest BCUT2D eigenvalue weighted by Crippen LogP contribution is 2.38. The van der Waals surface area contributed by atoms with E-state index in [9.17, 15) is 4.79 Å². The average Bonchev–Trinajstić information content (AvgIpc) is 2.22. The Morgan fingerprint density at radius 2 is 2.27 bits per heavy atom. The summed E-state index contributed by atoms with van der Waals surface area (Å²) in [6.45, 7) is 2.64. The van der Waals surface area contributed by atoms with E-state index < -0.39 is 5.97 Å². The molecule has 1 heterocycles. The highest BCUT2D eigenvalue weighted by molar-refractivity contribution is 5.68. The summed E-state index contributed by atoms with van der Waals surface area (Å²) in [6, 6.07) is 7.69. The Morgan fingerprint density at radius 1 is 1.53 bits per heavy atom. The van der Waals surface area contributed by atoms with E-state index in [1.807, 2.05) is 31.2 Å². The van der Waals surface area contributed by atoms with Gasteiger partial charge in [-0.05, 0) is 17.5 Å². The van der Waals surface area contributed by atoms with Gasteiger partial charge in [0, 0.05) is 5.92 Å². The fourth-order valence-electron chi connectivity index (χ4n) is 2.06. The lowest BCUT2D eigenvalue weighted by Crippen LogP contribution is -2.25. The van der Waals surface area contributed by atoms with E-state index in [1.165, 1.54) is 0 Å². The molecular weight excluding hydrogens is 192 g/mol. The number of benzene rings is 1. The van der Waals surface area contributed by atoms with E-state index in [1.54, 1.807) is 0 Å². The number of hydrogen-bond donors (Lipinski definition) is 1. The number of carbonyl (C=O) groups is 1. The SMILES string of the molecule is CC1COc2ccccc2C1CC(=O)O. The lowest BCUT2D eigenvalue weighted by molar-refractivity contribution is -0.137. The van der Waals surface area contributed by atoms with Crippen LogP contribution in [-0.2, 0) is 4.79 Å². The van der Waals surface area contributed by atoms with Crippen LogP contribution in [0.5, 0.6) is 5.75 Å². The summed E-state index contributed by atoms with van der Waals surface area (Å²) in [4.78, 5) is 10.8. The maximum absolute atomic E-state index is 10.8. The summed E-state index contributed by atoms with van der Waals surface area (Å²) in [6.07, 6.45) is 0.182. The van der Waals surface area contributed by atoms with Crippen molar-refractivity contribution in [2.24, 2.45) is 5.92 Å². The number of carboxylic acid groups (broad SMARTS) is 1. The molecule has 3 nitrogen and oxygen atoms in total. The minimum Gasteiger partial charge on any atom is -0.493 e. The number of carboxylic acids is 1.